The lowest BCUT2D eigenvalue weighted by Crippen LogP contribution is -2.11. The Balaban J connectivity index is 1.59. The maximum absolute atomic E-state index is 15.1. The summed E-state index contributed by atoms with van der Waals surface area (Å²) in [4.78, 5) is 24.7. The molecule has 1 heterocycles. The third kappa shape index (κ3) is 5.10. The molecular weight excluding hydrogens is 489 g/mol. The molecule has 0 saturated carbocycles. The number of halogens is 1. The number of nitro benzene ring substituents is 1. The number of fused-ring (bicyclic) bond motifs is 1. The first-order valence-corrected chi connectivity index (χ1v) is 11.8. The number of nitro groups is 1. The van der Waals surface area contributed by atoms with Crippen LogP contribution in [-0.2, 0) is 13.2 Å². The van der Waals surface area contributed by atoms with Crippen molar-refractivity contribution in [3.63, 3.8) is 0 Å². The topological polar surface area (TPSA) is 91.8 Å². The van der Waals surface area contributed by atoms with Crippen molar-refractivity contribution in [3.8, 4) is 22.8 Å². The summed E-state index contributed by atoms with van der Waals surface area (Å²) in [5.74, 6) is -0.958. The molecule has 5 aromatic rings. The van der Waals surface area contributed by atoms with Crippen LogP contribution in [0.25, 0.3) is 22.3 Å². The van der Waals surface area contributed by atoms with Crippen molar-refractivity contribution in [2.75, 3.05) is 0 Å². The monoisotopic (exact) mass is 511 g/mol. The van der Waals surface area contributed by atoms with Gasteiger partial charge in [-0.3, -0.25) is 14.9 Å². The second-order valence-electron chi connectivity index (χ2n) is 8.70. The predicted octanol–water partition coefficient (Wildman–Crippen LogP) is 6.97. The lowest BCUT2D eigenvalue weighted by Gasteiger charge is -2.13. The van der Waals surface area contributed by atoms with Crippen LogP contribution < -0.4 is 14.9 Å². The van der Waals surface area contributed by atoms with Crippen molar-refractivity contribution in [1.82, 2.24) is 0 Å². The van der Waals surface area contributed by atoms with Crippen molar-refractivity contribution >= 4 is 16.7 Å². The highest BCUT2D eigenvalue weighted by atomic mass is 19.1. The van der Waals surface area contributed by atoms with Crippen LogP contribution in [0.5, 0.6) is 11.5 Å². The third-order valence-corrected chi connectivity index (χ3v) is 5.93. The number of benzene rings is 4. The smallest absolute Gasteiger partial charge is 0.312 e. The average molecular weight is 512 g/mol. The molecule has 0 fully saturated rings. The fourth-order valence-electron chi connectivity index (χ4n) is 4.08. The molecule has 0 radical (unpaired) electrons. The van der Waals surface area contributed by atoms with Crippen molar-refractivity contribution in [3.05, 3.63) is 134 Å². The quantitative estimate of drug-likeness (QED) is 0.165. The molecule has 0 aliphatic rings. The van der Waals surface area contributed by atoms with Crippen LogP contribution >= 0.6 is 0 Å². The largest absolute Gasteiger partial charge is 0.486 e. The van der Waals surface area contributed by atoms with Crippen LogP contribution in [0.2, 0.25) is 0 Å². The van der Waals surface area contributed by atoms with Gasteiger partial charge in [-0.1, -0.05) is 60.7 Å². The molecule has 0 spiro atoms. The van der Waals surface area contributed by atoms with Crippen molar-refractivity contribution in [2.24, 2.45) is 0 Å². The molecule has 190 valence electrons. The van der Waals surface area contributed by atoms with E-state index in [0.717, 1.165) is 17.2 Å². The fraction of sp³-hybridized carbons (Fsp3) is 0.100. The van der Waals surface area contributed by atoms with Crippen LogP contribution in [0, 0.1) is 22.9 Å². The fourth-order valence-corrected chi connectivity index (χ4v) is 4.08. The first kappa shape index (κ1) is 24.7. The maximum atomic E-state index is 15.1. The Morgan fingerprint density at radius 1 is 0.868 bits per heavy atom. The molecule has 0 unspecified atom stereocenters. The van der Waals surface area contributed by atoms with E-state index in [2.05, 4.69) is 0 Å². The standard InChI is InChI=1S/C30H22FNO6/c1-19-14-23-27(33)30(37-18-21-10-6-3-7-11-21)28(38-29(23)25(15-19)32(34)35)22-12-13-26(24(31)16-22)36-17-20-8-4-2-5-9-20/h2-16H,17-18H2,1H3. The normalized spacial score (nSPS) is 10.9. The van der Waals surface area contributed by atoms with E-state index in [-0.39, 0.29) is 52.7 Å². The van der Waals surface area contributed by atoms with E-state index in [0.29, 0.717) is 5.56 Å². The average Bonchev–Trinajstić information content (AvgIpc) is 2.92. The summed E-state index contributed by atoms with van der Waals surface area (Å²) >= 11 is 0. The third-order valence-electron chi connectivity index (χ3n) is 5.93. The minimum Gasteiger partial charge on any atom is -0.486 e. The summed E-state index contributed by atoms with van der Waals surface area (Å²) in [6, 6.07) is 25.4. The van der Waals surface area contributed by atoms with E-state index in [1.165, 1.54) is 24.3 Å². The molecule has 0 bridgehead atoms. The highest BCUT2D eigenvalue weighted by Crippen LogP contribution is 2.37. The minimum atomic E-state index is -0.686. The highest BCUT2D eigenvalue weighted by Gasteiger charge is 2.25. The molecule has 0 N–H and O–H groups in total. The van der Waals surface area contributed by atoms with Gasteiger partial charge in [0.05, 0.1) is 10.3 Å². The van der Waals surface area contributed by atoms with Crippen LogP contribution in [0.1, 0.15) is 16.7 Å². The highest BCUT2D eigenvalue weighted by molar-refractivity contribution is 5.89. The number of hydrogen-bond acceptors (Lipinski definition) is 6. The number of aryl methyl sites for hydroxylation is 1. The second kappa shape index (κ2) is 10.6. The van der Waals surface area contributed by atoms with E-state index < -0.39 is 16.2 Å². The molecule has 8 heteroatoms. The van der Waals surface area contributed by atoms with Crippen molar-refractivity contribution < 1.29 is 23.2 Å². The van der Waals surface area contributed by atoms with E-state index >= 15 is 4.39 Å². The van der Waals surface area contributed by atoms with E-state index in [1.54, 1.807) is 6.92 Å². The van der Waals surface area contributed by atoms with Crippen LogP contribution in [0.4, 0.5) is 10.1 Å². The summed E-state index contributed by atoms with van der Waals surface area (Å²) in [5.41, 5.74) is 1.19. The van der Waals surface area contributed by atoms with Gasteiger partial charge in [0.15, 0.2) is 17.3 Å². The van der Waals surface area contributed by atoms with Gasteiger partial charge in [-0.2, -0.15) is 0 Å². The Bertz CT molecular complexity index is 1680. The number of ether oxygens (including phenoxy) is 2. The molecule has 4 aromatic carbocycles. The van der Waals surface area contributed by atoms with Crippen molar-refractivity contribution in [2.45, 2.75) is 20.1 Å². The molecule has 0 amide bonds. The number of non-ortho nitro benzene ring substituents is 1. The van der Waals surface area contributed by atoms with Gasteiger partial charge < -0.3 is 13.9 Å². The van der Waals surface area contributed by atoms with Crippen molar-refractivity contribution in [1.29, 1.82) is 0 Å². The summed E-state index contributed by atoms with van der Waals surface area (Å²) in [6.07, 6.45) is 0. The van der Waals surface area contributed by atoms with Gasteiger partial charge >= 0.3 is 5.69 Å². The zero-order valence-electron chi connectivity index (χ0n) is 20.3. The Kier molecular flexibility index (Phi) is 6.86. The summed E-state index contributed by atoms with van der Waals surface area (Å²) in [7, 11) is 0. The van der Waals surface area contributed by atoms with Gasteiger partial charge in [-0.25, -0.2) is 4.39 Å². The minimum absolute atomic E-state index is 0.00629. The Hall–Kier alpha value is -4.98. The van der Waals surface area contributed by atoms with Crippen LogP contribution in [0.15, 0.2) is 100 Å². The van der Waals surface area contributed by atoms with E-state index in [4.69, 9.17) is 13.9 Å². The molecule has 0 saturated heterocycles. The van der Waals surface area contributed by atoms with Gasteiger partial charge in [0.2, 0.25) is 16.8 Å². The zero-order valence-corrected chi connectivity index (χ0v) is 20.3. The first-order valence-electron chi connectivity index (χ1n) is 11.8. The van der Waals surface area contributed by atoms with Gasteiger partial charge in [0.1, 0.15) is 13.2 Å². The lowest BCUT2D eigenvalue weighted by molar-refractivity contribution is -0.383. The Morgan fingerprint density at radius 2 is 1.50 bits per heavy atom. The first-order chi connectivity index (χ1) is 18.4. The molecule has 0 aliphatic heterocycles. The van der Waals surface area contributed by atoms with Gasteiger partial charge in [-0.05, 0) is 47.9 Å². The molecule has 1 aromatic heterocycles. The molecular formula is C30H22FNO6. The molecule has 0 atom stereocenters. The molecule has 38 heavy (non-hydrogen) atoms. The molecule has 7 nitrogen and oxygen atoms in total. The lowest BCUT2D eigenvalue weighted by atomic mass is 10.1. The number of hydrogen-bond donors (Lipinski definition) is 0. The summed E-state index contributed by atoms with van der Waals surface area (Å²) < 4.78 is 32.6. The number of rotatable bonds is 8. The molecule has 5 rings (SSSR count). The van der Waals surface area contributed by atoms with Gasteiger partial charge in [0, 0.05) is 11.6 Å². The zero-order chi connectivity index (χ0) is 26.6. The number of nitrogens with zero attached hydrogens (tertiary/aromatic N) is 1. The van der Waals surface area contributed by atoms with E-state index in [1.807, 2.05) is 60.7 Å². The van der Waals surface area contributed by atoms with Gasteiger partial charge in [-0.15, -0.1) is 0 Å². The summed E-state index contributed by atoms with van der Waals surface area (Å²) in [6.45, 7) is 1.85. The Morgan fingerprint density at radius 3 is 2.11 bits per heavy atom. The Labute approximate surface area is 216 Å². The molecule has 0 aliphatic carbocycles. The second-order valence-corrected chi connectivity index (χ2v) is 8.70. The summed E-state index contributed by atoms with van der Waals surface area (Å²) in [5, 5.41) is 11.8. The predicted molar refractivity (Wildman–Crippen MR) is 141 cm³/mol. The SMILES string of the molecule is Cc1cc([N+](=O)[O-])c2oc(-c3ccc(OCc4ccccc4)c(F)c3)c(OCc3ccccc3)c(=O)c2c1. The van der Waals surface area contributed by atoms with Crippen LogP contribution in [0.3, 0.4) is 0 Å². The van der Waals surface area contributed by atoms with Gasteiger partial charge in [0.25, 0.3) is 0 Å². The van der Waals surface area contributed by atoms with Crippen LogP contribution in [-0.4, -0.2) is 4.92 Å². The van der Waals surface area contributed by atoms with E-state index in [9.17, 15) is 14.9 Å². The maximum Gasteiger partial charge on any atom is 0.312 e.